The van der Waals surface area contributed by atoms with Gasteiger partial charge in [0.25, 0.3) is 5.56 Å². The average Bonchev–Trinajstić information content (AvgIpc) is 2.98. The van der Waals surface area contributed by atoms with Crippen LogP contribution in [0.25, 0.3) is 22.0 Å². The molecule has 27 heavy (non-hydrogen) atoms. The number of aryl methyl sites for hydroxylation is 2. The molecule has 0 radical (unpaired) electrons. The van der Waals surface area contributed by atoms with Gasteiger partial charge >= 0.3 is 5.63 Å². The van der Waals surface area contributed by atoms with E-state index in [-0.39, 0.29) is 12.1 Å². The molecule has 0 fully saturated rings. The van der Waals surface area contributed by atoms with E-state index in [1.54, 1.807) is 7.05 Å². The molecule has 8 heteroatoms. The fraction of sp³-hybridized carbons (Fsp3) is 0.316. The Hall–Kier alpha value is -3.29. The molecule has 1 aromatic carbocycles. The monoisotopic (exact) mass is 365 g/mol. The standard InChI is InChI=1S/C19H19N5O3/c1-10(2)13-7-14-12(6-17(25)27-16(14)5-11(13)3)9-24-19(26)15-8-20-23(4)18(15)21-22-24/h5-8,10H,9H2,1-4H3. The minimum absolute atomic E-state index is 0.124. The minimum atomic E-state index is -0.460. The molecule has 0 saturated heterocycles. The summed E-state index contributed by atoms with van der Waals surface area (Å²) in [5.41, 5.74) is 3.06. The molecule has 3 heterocycles. The van der Waals surface area contributed by atoms with Crippen molar-refractivity contribution < 1.29 is 4.42 Å². The molecule has 0 bridgehead atoms. The minimum Gasteiger partial charge on any atom is -0.423 e. The maximum atomic E-state index is 12.7. The molecule has 138 valence electrons. The lowest BCUT2D eigenvalue weighted by molar-refractivity contribution is 0.550. The van der Waals surface area contributed by atoms with Gasteiger partial charge in [0, 0.05) is 18.5 Å². The number of nitrogens with zero attached hydrogens (tertiary/aromatic N) is 5. The van der Waals surface area contributed by atoms with Crippen molar-refractivity contribution in [2.45, 2.75) is 33.2 Å². The van der Waals surface area contributed by atoms with Crippen molar-refractivity contribution >= 4 is 22.0 Å². The van der Waals surface area contributed by atoms with Crippen LogP contribution in [0.15, 0.2) is 38.4 Å². The Bertz CT molecular complexity index is 1300. The molecular formula is C19H19N5O3. The zero-order valence-electron chi connectivity index (χ0n) is 15.6. The van der Waals surface area contributed by atoms with Crippen LogP contribution in [0.4, 0.5) is 0 Å². The Morgan fingerprint density at radius 1 is 1.15 bits per heavy atom. The summed E-state index contributed by atoms with van der Waals surface area (Å²) in [6.07, 6.45) is 1.47. The molecule has 0 N–H and O–H groups in total. The van der Waals surface area contributed by atoms with Crippen molar-refractivity contribution in [2.75, 3.05) is 0 Å². The second-order valence-corrected chi connectivity index (χ2v) is 7.01. The molecule has 0 atom stereocenters. The number of hydrogen-bond donors (Lipinski definition) is 0. The molecule has 0 amide bonds. The number of benzene rings is 1. The summed E-state index contributed by atoms with van der Waals surface area (Å²) in [5.74, 6) is 0.323. The van der Waals surface area contributed by atoms with Crippen LogP contribution in [0.3, 0.4) is 0 Å². The van der Waals surface area contributed by atoms with Crippen LogP contribution in [0.5, 0.6) is 0 Å². The van der Waals surface area contributed by atoms with Crippen LogP contribution in [0.2, 0.25) is 0 Å². The molecular weight excluding hydrogens is 346 g/mol. The number of hydrogen-bond acceptors (Lipinski definition) is 6. The number of fused-ring (bicyclic) bond motifs is 2. The highest BCUT2D eigenvalue weighted by molar-refractivity contribution is 5.82. The Kier molecular flexibility index (Phi) is 3.91. The van der Waals surface area contributed by atoms with E-state index in [1.807, 2.05) is 19.1 Å². The van der Waals surface area contributed by atoms with E-state index in [0.29, 0.717) is 28.1 Å². The van der Waals surface area contributed by atoms with Gasteiger partial charge in [-0.15, -0.1) is 5.10 Å². The van der Waals surface area contributed by atoms with E-state index >= 15 is 0 Å². The summed E-state index contributed by atoms with van der Waals surface area (Å²) < 4.78 is 8.11. The molecule has 3 aromatic heterocycles. The van der Waals surface area contributed by atoms with Gasteiger partial charge in [-0.25, -0.2) is 14.2 Å². The average molecular weight is 365 g/mol. The Morgan fingerprint density at radius 2 is 1.93 bits per heavy atom. The van der Waals surface area contributed by atoms with Gasteiger partial charge in [-0.1, -0.05) is 19.1 Å². The summed E-state index contributed by atoms with van der Waals surface area (Å²) in [6.45, 7) is 6.34. The Morgan fingerprint density at radius 3 is 2.67 bits per heavy atom. The fourth-order valence-electron chi connectivity index (χ4n) is 3.39. The molecule has 0 aliphatic heterocycles. The van der Waals surface area contributed by atoms with Crippen molar-refractivity contribution in [1.29, 1.82) is 0 Å². The highest BCUT2D eigenvalue weighted by Gasteiger charge is 2.14. The second kappa shape index (κ2) is 6.15. The lowest BCUT2D eigenvalue weighted by Gasteiger charge is -2.13. The zero-order chi connectivity index (χ0) is 19.3. The molecule has 4 rings (SSSR count). The molecule has 0 saturated carbocycles. The van der Waals surface area contributed by atoms with E-state index in [4.69, 9.17) is 4.42 Å². The van der Waals surface area contributed by atoms with Gasteiger partial charge in [0.2, 0.25) is 0 Å². The highest BCUT2D eigenvalue weighted by atomic mass is 16.4. The van der Waals surface area contributed by atoms with Crippen molar-refractivity contribution in [2.24, 2.45) is 7.05 Å². The van der Waals surface area contributed by atoms with Crippen LogP contribution in [-0.4, -0.2) is 24.8 Å². The third-order valence-electron chi connectivity index (χ3n) is 4.78. The van der Waals surface area contributed by atoms with Gasteiger partial charge in [-0.3, -0.25) is 4.79 Å². The van der Waals surface area contributed by atoms with Crippen LogP contribution in [-0.2, 0) is 13.6 Å². The first-order valence-electron chi connectivity index (χ1n) is 8.68. The van der Waals surface area contributed by atoms with Crippen molar-refractivity contribution in [3.63, 3.8) is 0 Å². The highest BCUT2D eigenvalue weighted by Crippen LogP contribution is 2.27. The van der Waals surface area contributed by atoms with Gasteiger partial charge in [-0.2, -0.15) is 5.10 Å². The Labute approximate surface area is 154 Å². The molecule has 0 spiro atoms. The number of rotatable bonds is 3. The molecule has 4 aromatic rings. The van der Waals surface area contributed by atoms with E-state index in [1.165, 1.54) is 27.2 Å². The van der Waals surface area contributed by atoms with Crippen molar-refractivity contribution in [3.05, 3.63) is 61.9 Å². The summed E-state index contributed by atoms with van der Waals surface area (Å²) >= 11 is 0. The second-order valence-electron chi connectivity index (χ2n) is 7.01. The van der Waals surface area contributed by atoms with Crippen LogP contribution >= 0.6 is 0 Å². The van der Waals surface area contributed by atoms with Gasteiger partial charge in [0.15, 0.2) is 5.65 Å². The van der Waals surface area contributed by atoms with Gasteiger partial charge in [0.1, 0.15) is 11.0 Å². The van der Waals surface area contributed by atoms with E-state index in [2.05, 4.69) is 29.3 Å². The van der Waals surface area contributed by atoms with Gasteiger partial charge in [-0.05, 0) is 41.7 Å². The summed E-state index contributed by atoms with van der Waals surface area (Å²) in [5, 5.41) is 13.3. The summed E-state index contributed by atoms with van der Waals surface area (Å²) in [6, 6.07) is 5.30. The van der Waals surface area contributed by atoms with E-state index in [0.717, 1.165) is 10.9 Å². The maximum Gasteiger partial charge on any atom is 0.336 e. The molecule has 0 aliphatic carbocycles. The lowest BCUT2D eigenvalue weighted by Crippen LogP contribution is -2.25. The quantitative estimate of drug-likeness (QED) is 0.516. The first kappa shape index (κ1) is 17.1. The van der Waals surface area contributed by atoms with Crippen molar-refractivity contribution in [3.8, 4) is 0 Å². The predicted molar refractivity (Wildman–Crippen MR) is 101 cm³/mol. The summed E-state index contributed by atoms with van der Waals surface area (Å²) in [4.78, 5) is 24.7. The van der Waals surface area contributed by atoms with Crippen LogP contribution < -0.4 is 11.2 Å². The predicted octanol–water partition coefficient (Wildman–Crippen LogP) is 2.11. The fourth-order valence-corrected chi connectivity index (χ4v) is 3.39. The maximum absolute atomic E-state index is 12.7. The first-order valence-corrected chi connectivity index (χ1v) is 8.68. The van der Waals surface area contributed by atoms with Crippen LogP contribution in [0.1, 0.15) is 36.5 Å². The SMILES string of the molecule is Cc1cc2oc(=O)cc(Cn3nnc4c(cnn4C)c3=O)c2cc1C(C)C. The molecule has 8 nitrogen and oxygen atoms in total. The first-order chi connectivity index (χ1) is 12.8. The third kappa shape index (κ3) is 2.83. The Balaban J connectivity index is 1.91. The van der Waals surface area contributed by atoms with Crippen LogP contribution in [0, 0.1) is 6.92 Å². The van der Waals surface area contributed by atoms with Gasteiger partial charge < -0.3 is 4.42 Å². The largest absolute Gasteiger partial charge is 0.423 e. The zero-order valence-corrected chi connectivity index (χ0v) is 15.6. The van der Waals surface area contributed by atoms with E-state index < -0.39 is 5.63 Å². The topological polar surface area (TPSA) is 95.8 Å². The smallest absolute Gasteiger partial charge is 0.336 e. The van der Waals surface area contributed by atoms with Gasteiger partial charge in [0.05, 0.1) is 12.7 Å². The summed E-state index contributed by atoms with van der Waals surface area (Å²) in [7, 11) is 1.70. The molecule has 0 aliphatic rings. The third-order valence-corrected chi connectivity index (χ3v) is 4.78. The van der Waals surface area contributed by atoms with E-state index in [9.17, 15) is 9.59 Å². The lowest BCUT2D eigenvalue weighted by atomic mass is 9.95. The normalized spacial score (nSPS) is 11.7. The number of aromatic nitrogens is 5. The molecule has 0 unspecified atom stereocenters. The van der Waals surface area contributed by atoms with Crippen molar-refractivity contribution in [1.82, 2.24) is 24.8 Å².